The first-order valence-electron chi connectivity index (χ1n) is 8.68. The molecule has 0 spiro atoms. The van der Waals surface area contributed by atoms with Crippen molar-refractivity contribution in [2.24, 2.45) is 5.92 Å². The molecular weight excluding hydrogens is 308 g/mol. The molecular formula is C18H28N2O2S. The average molecular weight is 337 g/mol. The maximum absolute atomic E-state index is 12.9. The van der Waals surface area contributed by atoms with Gasteiger partial charge in [0.25, 0.3) is 0 Å². The summed E-state index contributed by atoms with van der Waals surface area (Å²) in [4.78, 5) is 2.35. The van der Waals surface area contributed by atoms with Crippen LogP contribution in [0, 0.1) is 5.92 Å². The van der Waals surface area contributed by atoms with Gasteiger partial charge in [-0.15, -0.1) is 0 Å². The average Bonchev–Trinajstić information content (AvgIpc) is 2.53. The van der Waals surface area contributed by atoms with Crippen molar-refractivity contribution in [3.8, 4) is 0 Å². The van der Waals surface area contributed by atoms with Crippen molar-refractivity contribution >= 4 is 10.0 Å². The van der Waals surface area contributed by atoms with Crippen LogP contribution in [0.15, 0.2) is 35.6 Å². The van der Waals surface area contributed by atoms with Crippen LogP contribution in [0.1, 0.15) is 39.5 Å². The summed E-state index contributed by atoms with van der Waals surface area (Å²) in [5.41, 5.74) is 2.79. The Morgan fingerprint density at radius 2 is 2.09 bits per heavy atom. The van der Waals surface area contributed by atoms with Crippen LogP contribution in [0.4, 0.5) is 0 Å². The SMILES string of the molecule is CC(C)CN(C)S(=O)(=O)C1C=CC2CCC3=C(CCC=C3)N2C1. The minimum absolute atomic E-state index is 0.336. The number of allylic oxidation sites excluding steroid dienone is 4. The molecule has 0 saturated carbocycles. The number of sulfonamides is 1. The van der Waals surface area contributed by atoms with Gasteiger partial charge in [0, 0.05) is 31.9 Å². The fourth-order valence-electron chi connectivity index (χ4n) is 3.91. The molecule has 1 aliphatic carbocycles. The van der Waals surface area contributed by atoms with Crippen LogP contribution in [0.25, 0.3) is 0 Å². The van der Waals surface area contributed by atoms with E-state index in [1.165, 1.54) is 15.6 Å². The molecule has 5 heteroatoms. The quantitative estimate of drug-likeness (QED) is 0.741. The number of nitrogens with zero attached hydrogens (tertiary/aromatic N) is 2. The molecule has 2 heterocycles. The molecule has 3 aliphatic rings. The second-order valence-corrected chi connectivity index (χ2v) is 9.57. The highest BCUT2D eigenvalue weighted by atomic mass is 32.2. The van der Waals surface area contributed by atoms with Gasteiger partial charge in [-0.1, -0.05) is 38.2 Å². The Bertz CT molecular complexity index is 646. The maximum Gasteiger partial charge on any atom is 0.222 e. The lowest BCUT2D eigenvalue weighted by Crippen LogP contribution is -2.49. The van der Waals surface area contributed by atoms with Crippen molar-refractivity contribution in [1.82, 2.24) is 9.21 Å². The van der Waals surface area contributed by atoms with Gasteiger partial charge in [0.15, 0.2) is 0 Å². The van der Waals surface area contributed by atoms with E-state index in [9.17, 15) is 8.42 Å². The van der Waals surface area contributed by atoms with E-state index in [0.717, 1.165) is 25.7 Å². The molecule has 0 fully saturated rings. The third kappa shape index (κ3) is 3.26. The summed E-state index contributed by atoms with van der Waals surface area (Å²) in [5.74, 6) is 0.336. The molecule has 4 nitrogen and oxygen atoms in total. The van der Waals surface area contributed by atoms with Gasteiger partial charge in [0.1, 0.15) is 5.25 Å². The molecule has 23 heavy (non-hydrogen) atoms. The van der Waals surface area contributed by atoms with Gasteiger partial charge in [0.2, 0.25) is 10.0 Å². The van der Waals surface area contributed by atoms with Crippen LogP contribution in [-0.2, 0) is 10.0 Å². The molecule has 0 aromatic heterocycles. The standard InChI is InChI=1S/C18H28N2O2S/c1-14(2)12-19(3)23(21,22)17-11-10-16-9-8-15-6-4-5-7-18(15)20(16)13-17/h4,6,10-11,14,16-17H,5,7-9,12-13H2,1-3H3. The van der Waals surface area contributed by atoms with E-state index in [4.69, 9.17) is 0 Å². The second kappa shape index (κ2) is 6.44. The molecule has 2 atom stereocenters. The van der Waals surface area contributed by atoms with Gasteiger partial charge in [-0.2, -0.15) is 0 Å². The van der Waals surface area contributed by atoms with E-state index in [0.29, 0.717) is 25.0 Å². The lowest BCUT2D eigenvalue weighted by atomic mass is 9.89. The number of hydrogen-bond donors (Lipinski definition) is 0. The molecule has 0 N–H and O–H groups in total. The minimum atomic E-state index is -3.28. The van der Waals surface area contributed by atoms with Crippen molar-refractivity contribution < 1.29 is 8.42 Å². The molecule has 3 rings (SSSR count). The van der Waals surface area contributed by atoms with E-state index >= 15 is 0 Å². The van der Waals surface area contributed by atoms with Crippen LogP contribution in [0.2, 0.25) is 0 Å². The summed E-state index contributed by atoms with van der Waals surface area (Å²) in [6.45, 7) is 5.27. The minimum Gasteiger partial charge on any atom is -0.366 e. The third-order valence-corrected chi connectivity index (χ3v) is 7.15. The van der Waals surface area contributed by atoms with E-state index in [2.05, 4.69) is 37.0 Å². The fourth-order valence-corrected chi connectivity index (χ4v) is 5.52. The van der Waals surface area contributed by atoms with Crippen molar-refractivity contribution in [2.45, 2.75) is 50.8 Å². The smallest absolute Gasteiger partial charge is 0.222 e. The van der Waals surface area contributed by atoms with Gasteiger partial charge in [0.05, 0.1) is 0 Å². The first-order chi connectivity index (χ1) is 10.9. The highest BCUT2D eigenvalue weighted by molar-refractivity contribution is 7.89. The van der Waals surface area contributed by atoms with Gasteiger partial charge in [-0.3, -0.25) is 0 Å². The lowest BCUT2D eigenvalue weighted by Gasteiger charge is -2.44. The molecule has 0 aromatic rings. The summed E-state index contributed by atoms with van der Waals surface area (Å²) in [5, 5.41) is -0.430. The molecule has 2 aliphatic heterocycles. The van der Waals surface area contributed by atoms with Gasteiger partial charge < -0.3 is 4.90 Å². The predicted octanol–water partition coefficient (Wildman–Crippen LogP) is 2.91. The lowest BCUT2D eigenvalue weighted by molar-refractivity contribution is 0.242. The molecule has 2 unspecified atom stereocenters. The highest BCUT2D eigenvalue weighted by Crippen LogP contribution is 2.36. The summed E-state index contributed by atoms with van der Waals surface area (Å²) < 4.78 is 27.3. The van der Waals surface area contributed by atoms with Crippen LogP contribution in [0.3, 0.4) is 0 Å². The molecule has 128 valence electrons. The largest absolute Gasteiger partial charge is 0.366 e. The molecule has 0 radical (unpaired) electrons. The number of rotatable bonds is 4. The molecule has 0 saturated heterocycles. The fraction of sp³-hybridized carbons (Fsp3) is 0.667. The Morgan fingerprint density at radius 1 is 1.30 bits per heavy atom. The van der Waals surface area contributed by atoms with Crippen LogP contribution < -0.4 is 0 Å². The van der Waals surface area contributed by atoms with Crippen molar-refractivity contribution in [1.29, 1.82) is 0 Å². The Balaban J connectivity index is 1.83. The van der Waals surface area contributed by atoms with Crippen molar-refractivity contribution in [3.63, 3.8) is 0 Å². The maximum atomic E-state index is 12.9. The van der Waals surface area contributed by atoms with Crippen LogP contribution in [-0.4, -0.2) is 49.1 Å². The number of hydrogen-bond acceptors (Lipinski definition) is 3. The normalized spacial score (nSPS) is 27.6. The van der Waals surface area contributed by atoms with E-state index in [1.54, 1.807) is 7.05 Å². The van der Waals surface area contributed by atoms with Crippen LogP contribution in [0.5, 0.6) is 0 Å². The molecule has 0 aromatic carbocycles. The summed E-state index contributed by atoms with van der Waals surface area (Å²) >= 11 is 0. The molecule has 0 bridgehead atoms. The Hall–Kier alpha value is -1.07. The Kier molecular flexibility index (Phi) is 4.70. The zero-order valence-corrected chi connectivity index (χ0v) is 15.2. The highest BCUT2D eigenvalue weighted by Gasteiger charge is 2.37. The first-order valence-corrected chi connectivity index (χ1v) is 10.2. The third-order valence-electron chi connectivity index (χ3n) is 5.06. The van der Waals surface area contributed by atoms with Gasteiger partial charge >= 0.3 is 0 Å². The Labute approximate surface area is 140 Å². The second-order valence-electron chi connectivity index (χ2n) is 7.31. The predicted molar refractivity (Wildman–Crippen MR) is 94.4 cm³/mol. The monoisotopic (exact) mass is 336 g/mol. The zero-order chi connectivity index (χ0) is 16.6. The topological polar surface area (TPSA) is 40.6 Å². The van der Waals surface area contributed by atoms with Crippen molar-refractivity contribution in [2.75, 3.05) is 20.1 Å². The summed E-state index contributed by atoms with van der Waals surface area (Å²) in [6.07, 6.45) is 12.8. The van der Waals surface area contributed by atoms with E-state index in [1.807, 2.05) is 6.08 Å². The summed E-state index contributed by atoms with van der Waals surface area (Å²) in [7, 11) is -1.57. The first kappa shape index (κ1) is 16.8. The van der Waals surface area contributed by atoms with Gasteiger partial charge in [-0.05, 0) is 37.2 Å². The van der Waals surface area contributed by atoms with Crippen molar-refractivity contribution in [3.05, 3.63) is 35.6 Å². The Morgan fingerprint density at radius 3 is 2.83 bits per heavy atom. The van der Waals surface area contributed by atoms with Gasteiger partial charge in [-0.25, -0.2) is 12.7 Å². The zero-order valence-electron chi connectivity index (χ0n) is 14.4. The van der Waals surface area contributed by atoms with E-state index < -0.39 is 15.3 Å². The number of fused-ring (bicyclic) bond motifs is 2. The van der Waals surface area contributed by atoms with Crippen LogP contribution >= 0.6 is 0 Å². The summed E-state index contributed by atoms with van der Waals surface area (Å²) in [6, 6.07) is 0.377. The van der Waals surface area contributed by atoms with E-state index in [-0.39, 0.29) is 0 Å². The molecule has 0 amide bonds.